The molecule has 3 N–H and O–H groups in total. The molecule has 1 aromatic carbocycles. The van der Waals surface area contributed by atoms with Crippen LogP contribution in [0.5, 0.6) is 0 Å². The summed E-state index contributed by atoms with van der Waals surface area (Å²) in [6.45, 7) is -0.365. The highest BCUT2D eigenvalue weighted by Crippen LogP contribution is 2.05. The highest BCUT2D eigenvalue weighted by atomic mass is 19.1. The summed E-state index contributed by atoms with van der Waals surface area (Å²) in [7, 11) is 0. The fraction of sp³-hybridized carbons (Fsp3) is 0.250. The third-order valence-corrected chi connectivity index (χ3v) is 2.19. The number of hydrogen-bond donors (Lipinski definition) is 3. The van der Waals surface area contributed by atoms with Crippen LogP contribution in [0.15, 0.2) is 24.3 Å². The van der Waals surface area contributed by atoms with E-state index < -0.39 is 23.6 Å². The summed E-state index contributed by atoms with van der Waals surface area (Å²) < 4.78 is 13.2. The Morgan fingerprint density at radius 3 is 2.47 bits per heavy atom. The van der Waals surface area contributed by atoms with Crippen molar-refractivity contribution in [3.05, 3.63) is 35.6 Å². The van der Waals surface area contributed by atoms with E-state index in [1.54, 1.807) is 0 Å². The topological polar surface area (TPSA) is 95.5 Å². The highest BCUT2D eigenvalue weighted by Gasteiger charge is 2.11. The fourth-order valence-corrected chi connectivity index (χ4v) is 1.27. The normalized spacial score (nSPS) is 9.74. The van der Waals surface area contributed by atoms with E-state index in [4.69, 9.17) is 5.11 Å². The van der Waals surface area contributed by atoms with Gasteiger partial charge in [-0.05, 0) is 12.1 Å². The van der Waals surface area contributed by atoms with Crippen molar-refractivity contribution in [2.45, 2.75) is 6.42 Å². The summed E-state index contributed by atoms with van der Waals surface area (Å²) >= 11 is 0. The van der Waals surface area contributed by atoms with Crippen molar-refractivity contribution >= 4 is 17.8 Å². The number of carboxylic acids is 1. The number of carbonyl (C=O) groups excluding carboxylic acids is 2. The Hall–Kier alpha value is -2.44. The molecule has 2 amide bonds. The Bertz CT molecular complexity index is 490. The quantitative estimate of drug-likeness (QED) is 0.684. The van der Waals surface area contributed by atoms with Crippen LogP contribution >= 0.6 is 0 Å². The molecule has 6 nitrogen and oxygen atoms in total. The number of amides is 2. The van der Waals surface area contributed by atoms with Gasteiger partial charge in [-0.3, -0.25) is 14.4 Å². The van der Waals surface area contributed by atoms with Gasteiger partial charge in [0.2, 0.25) is 5.91 Å². The Morgan fingerprint density at radius 1 is 1.16 bits per heavy atom. The lowest BCUT2D eigenvalue weighted by Gasteiger charge is -2.06. The molecule has 0 aliphatic rings. The zero-order valence-electron chi connectivity index (χ0n) is 9.98. The van der Waals surface area contributed by atoms with E-state index in [0.717, 1.165) is 6.07 Å². The van der Waals surface area contributed by atoms with Gasteiger partial charge in [0.05, 0.1) is 18.5 Å². The number of halogens is 1. The molecular weight excluding hydrogens is 255 g/mol. The van der Waals surface area contributed by atoms with Gasteiger partial charge in [-0.15, -0.1) is 0 Å². The van der Waals surface area contributed by atoms with Crippen molar-refractivity contribution in [3.8, 4) is 0 Å². The molecule has 0 heterocycles. The summed E-state index contributed by atoms with van der Waals surface area (Å²) in [4.78, 5) is 33.0. The summed E-state index contributed by atoms with van der Waals surface area (Å²) in [5.74, 6) is -2.94. The van der Waals surface area contributed by atoms with Crippen LogP contribution in [-0.2, 0) is 9.59 Å². The van der Waals surface area contributed by atoms with Crippen molar-refractivity contribution in [3.63, 3.8) is 0 Å². The predicted molar refractivity (Wildman–Crippen MR) is 64.0 cm³/mol. The molecule has 0 aliphatic carbocycles. The average molecular weight is 268 g/mol. The number of benzene rings is 1. The highest BCUT2D eigenvalue weighted by molar-refractivity contribution is 5.96. The van der Waals surface area contributed by atoms with Crippen molar-refractivity contribution in [1.29, 1.82) is 0 Å². The minimum absolute atomic E-state index is 0.0241. The monoisotopic (exact) mass is 268 g/mol. The molecule has 0 saturated carbocycles. The van der Waals surface area contributed by atoms with Crippen molar-refractivity contribution < 1.29 is 23.9 Å². The van der Waals surface area contributed by atoms with E-state index in [0.29, 0.717) is 0 Å². The molecule has 0 bridgehead atoms. The average Bonchev–Trinajstić information content (AvgIpc) is 2.36. The molecule has 7 heteroatoms. The van der Waals surface area contributed by atoms with Crippen LogP contribution in [0.4, 0.5) is 4.39 Å². The maximum absolute atomic E-state index is 13.2. The smallest absolute Gasteiger partial charge is 0.305 e. The van der Waals surface area contributed by atoms with E-state index in [1.165, 1.54) is 18.2 Å². The Morgan fingerprint density at radius 2 is 1.84 bits per heavy atom. The first-order valence-corrected chi connectivity index (χ1v) is 5.52. The molecule has 0 aromatic heterocycles. The zero-order valence-corrected chi connectivity index (χ0v) is 9.98. The Kier molecular flexibility index (Phi) is 5.46. The minimum Gasteiger partial charge on any atom is -0.481 e. The van der Waals surface area contributed by atoms with Gasteiger partial charge in [0.1, 0.15) is 5.82 Å². The zero-order chi connectivity index (χ0) is 14.3. The Balaban J connectivity index is 2.36. The van der Waals surface area contributed by atoms with Crippen LogP contribution in [0, 0.1) is 5.82 Å². The van der Waals surface area contributed by atoms with Gasteiger partial charge in [-0.1, -0.05) is 12.1 Å². The second-order valence-corrected chi connectivity index (χ2v) is 3.66. The fourth-order valence-electron chi connectivity index (χ4n) is 1.27. The molecule has 0 aliphatic heterocycles. The van der Waals surface area contributed by atoms with Crippen LogP contribution in [0.3, 0.4) is 0 Å². The number of rotatable bonds is 6. The standard InChI is InChI=1S/C12H13FN2O4/c13-9-4-2-1-3-8(9)12(19)15-7-10(16)14-6-5-11(17)18/h1-4H,5-7H2,(H,14,16)(H,15,19)(H,17,18). The second-order valence-electron chi connectivity index (χ2n) is 3.66. The first-order chi connectivity index (χ1) is 9.00. The van der Waals surface area contributed by atoms with Gasteiger partial charge < -0.3 is 15.7 Å². The van der Waals surface area contributed by atoms with E-state index in [9.17, 15) is 18.8 Å². The molecule has 102 valence electrons. The molecule has 1 rings (SSSR count). The number of hydrogen-bond acceptors (Lipinski definition) is 3. The van der Waals surface area contributed by atoms with Crippen molar-refractivity contribution in [1.82, 2.24) is 10.6 Å². The molecule has 0 unspecified atom stereocenters. The molecule has 0 fully saturated rings. The van der Waals surface area contributed by atoms with Crippen LogP contribution in [0.1, 0.15) is 16.8 Å². The lowest BCUT2D eigenvalue weighted by atomic mass is 10.2. The number of aliphatic carboxylic acids is 1. The third kappa shape index (κ3) is 5.15. The summed E-state index contributed by atoms with van der Waals surface area (Å²) in [5.41, 5.74) is -0.152. The van der Waals surface area contributed by atoms with Crippen molar-refractivity contribution in [2.75, 3.05) is 13.1 Å². The maximum atomic E-state index is 13.2. The van der Waals surface area contributed by atoms with Gasteiger partial charge in [0.25, 0.3) is 5.91 Å². The van der Waals surface area contributed by atoms with E-state index in [2.05, 4.69) is 10.6 Å². The van der Waals surface area contributed by atoms with Crippen LogP contribution < -0.4 is 10.6 Å². The van der Waals surface area contributed by atoms with Gasteiger partial charge in [0, 0.05) is 6.54 Å². The molecule has 0 saturated heterocycles. The molecule has 0 spiro atoms. The molecule has 0 atom stereocenters. The van der Waals surface area contributed by atoms with Crippen LogP contribution in [0.25, 0.3) is 0 Å². The number of carboxylic acid groups (broad SMARTS) is 1. The third-order valence-electron chi connectivity index (χ3n) is 2.19. The van der Waals surface area contributed by atoms with E-state index >= 15 is 0 Å². The largest absolute Gasteiger partial charge is 0.481 e. The van der Waals surface area contributed by atoms with E-state index in [-0.39, 0.29) is 25.1 Å². The van der Waals surface area contributed by atoms with E-state index in [1.807, 2.05) is 0 Å². The van der Waals surface area contributed by atoms with Crippen LogP contribution in [0.2, 0.25) is 0 Å². The lowest BCUT2D eigenvalue weighted by molar-refractivity contribution is -0.136. The molecule has 0 radical (unpaired) electrons. The first kappa shape index (κ1) is 14.6. The van der Waals surface area contributed by atoms with Crippen LogP contribution in [-0.4, -0.2) is 36.0 Å². The van der Waals surface area contributed by atoms with Crippen molar-refractivity contribution in [2.24, 2.45) is 0 Å². The lowest BCUT2D eigenvalue weighted by Crippen LogP contribution is -2.37. The number of nitrogens with one attached hydrogen (secondary N) is 2. The van der Waals surface area contributed by atoms with Gasteiger partial charge in [0.15, 0.2) is 0 Å². The molecular formula is C12H13FN2O4. The summed E-state index contributed by atoms with van der Waals surface area (Å²) in [6.07, 6.45) is -0.201. The second kappa shape index (κ2) is 7.10. The predicted octanol–water partition coefficient (Wildman–Crippen LogP) is 0.146. The SMILES string of the molecule is O=C(O)CCNC(=O)CNC(=O)c1ccccc1F. The number of carbonyl (C=O) groups is 3. The maximum Gasteiger partial charge on any atom is 0.305 e. The van der Waals surface area contributed by atoms with Gasteiger partial charge >= 0.3 is 5.97 Å². The van der Waals surface area contributed by atoms with Gasteiger partial charge in [-0.2, -0.15) is 0 Å². The minimum atomic E-state index is -1.03. The molecule has 1 aromatic rings. The van der Waals surface area contributed by atoms with Gasteiger partial charge in [-0.25, -0.2) is 4.39 Å². The first-order valence-electron chi connectivity index (χ1n) is 5.52. The Labute approximate surface area is 108 Å². The summed E-state index contributed by atoms with van der Waals surface area (Å²) in [5, 5.41) is 12.9. The summed E-state index contributed by atoms with van der Waals surface area (Å²) in [6, 6.07) is 5.39. The molecule has 19 heavy (non-hydrogen) atoms.